The van der Waals surface area contributed by atoms with Crippen LogP contribution < -0.4 is 14.8 Å². The van der Waals surface area contributed by atoms with Crippen LogP contribution >= 0.6 is 0 Å². The Kier molecular flexibility index (Phi) is 6.99. The molecule has 1 atom stereocenters. The van der Waals surface area contributed by atoms with Gasteiger partial charge < -0.3 is 14.8 Å². The summed E-state index contributed by atoms with van der Waals surface area (Å²) in [5, 5.41) is 7.70. The third kappa shape index (κ3) is 5.73. The van der Waals surface area contributed by atoms with Gasteiger partial charge in [-0.05, 0) is 49.2 Å². The zero-order chi connectivity index (χ0) is 23.4. The molecular formula is C26H32N4O3. The van der Waals surface area contributed by atoms with Gasteiger partial charge in [0, 0.05) is 45.0 Å². The Hall–Kier alpha value is -3.32. The van der Waals surface area contributed by atoms with Gasteiger partial charge in [-0.2, -0.15) is 5.10 Å². The fourth-order valence-electron chi connectivity index (χ4n) is 4.21. The first-order valence-corrected chi connectivity index (χ1v) is 11.3. The van der Waals surface area contributed by atoms with E-state index < -0.39 is 0 Å². The Morgan fingerprint density at radius 1 is 1.09 bits per heavy atom. The van der Waals surface area contributed by atoms with Gasteiger partial charge in [-0.15, -0.1) is 0 Å². The van der Waals surface area contributed by atoms with Crippen LogP contribution in [0.25, 0.3) is 0 Å². The lowest BCUT2D eigenvalue weighted by Gasteiger charge is -2.31. The molecule has 174 valence electrons. The summed E-state index contributed by atoms with van der Waals surface area (Å²) in [7, 11) is 3.55. The van der Waals surface area contributed by atoms with Crippen LogP contribution in [-0.4, -0.2) is 40.3 Å². The predicted molar refractivity (Wildman–Crippen MR) is 127 cm³/mol. The molecule has 1 amide bonds. The number of benzene rings is 2. The highest BCUT2D eigenvalue weighted by atomic mass is 16.5. The molecule has 0 spiro atoms. The summed E-state index contributed by atoms with van der Waals surface area (Å²) >= 11 is 0. The Morgan fingerprint density at radius 3 is 2.42 bits per heavy atom. The minimum absolute atomic E-state index is 0.00357. The van der Waals surface area contributed by atoms with Crippen LogP contribution in [0.3, 0.4) is 0 Å². The Morgan fingerprint density at radius 2 is 1.76 bits per heavy atom. The predicted octanol–water partition coefficient (Wildman–Crippen LogP) is 3.63. The smallest absolute Gasteiger partial charge is 0.230 e. The molecule has 33 heavy (non-hydrogen) atoms. The first kappa shape index (κ1) is 22.9. The van der Waals surface area contributed by atoms with E-state index in [1.807, 2.05) is 63.5 Å². The highest BCUT2D eigenvalue weighted by Crippen LogP contribution is 2.29. The van der Waals surface area contributed by atoms with Crippen molar-refractivity contribution in [2.75, 3.05) is 13.7 Å². The van der Waals surface area contributed by atoms with Gasteiger partial charge in [0.2, 0.25) is 5.91 Å². The molecule has 0 bridgehead atoms. The minimum atomic E-state index is -0.309. The number of nitrogens with zero attached hydrogens (tertiary/aromatic N) is 3. The molecule has 1 aromatic heterocycles. The van der Waals surface area contributed by atoms with Gasteiger partial charge in [0.1, 0.15) is 11.5 Å². The number of aryl methyl sites for hydroxylation is 1. The molecule has 0 aliphatic carbocycles. The molecule has 0 saturated heterocycles. The van der Waals surface area contributed by atoms with Gasteiger partial charge in [0.15, 0.2) is 0 Å². The van der Waals surface area contributed by atoms with E-state index in [1.54, 1.807) is 11.8 Å². The SMILES string of the molecule is COc1ccc(CNC(=O)C2CN(Cc3ccc(OC(C)C)cc3)Cc3cn(C)nc32)cc1. The number of nitrogens with one attached hydrogen (secondary N) is 1. The number of ether oxygens (including phenoxy) is 2. The van der Waals surface area contributed by atoms with E-state index in [2.05, 4.69) is 27.4 Å². The number of carbonyl (C=O) groups excluding carboxylic acids is 1. The second-order valence-electron chi connectivity index (χ2n) is 8.81. The Balaban J connectivity index is 1.43. The standard InChI is InChI=1S/C26H32N4O3/c1-18(2)33-23-11-7-20(8-12-23)14-30-16-21-15-29(3)28-25(21)24(17-30)26(31)27-13-19-5-9-22(32-4)10-6-19/h5-12,15,18,24H,13-14,16-17H2,1-4H3,(H,27,31). The van der Waals surface area contributed by atoms with Crippen LogP contribution in [0, 0.1) is 0 Å². The zero-order valence-electron chi connectivity index (χ0n) is 19.7. The molecule has 2 heterocycles. The lowest BCUT2D eigenvalue weighted by Crippen LogP contribution is -2.40. The molecule has 1 N–H and O–H groups in total. The second-order valence-corrected chi connectivity index (χ2v) is 8.81. The van der Waals surface area contributed by atoms with Gasteiger partial charge in [-0.3, -0.25) is 14.4 Å². The summed E-state index contributed by atoms with van der Waals surface area (Å²) in [5.74, 6) is 1.36. The van der Waals surface area contributed by atoms with Crippen molar-refractivity contribution in [1.82, 2.24) is 20.0 Å². The molecule has 1 aliphatic heterocycles. The topological polar surface area (TPSA) is 68.6 Å². The van der Waals surface area contributed by atoms with E-state index in [9.17, 15) is 4.79 Å². The summed E-state index contributed by atoms with van der Waals surface area (Å²) in [6.07, 6.45) is 2.17. The summed E-state index contributed by atoms with van der Waals surface area (Å²) < 4.78 is 12.8. The van der Waals surface area contributed by atoms with E-state index in [4.69, 9.17) is 9.47 Å². The number of aromatic nitrogens is 2. The number of methoxy groups -OCH3 is 1. The zero-order valence-corrected chi connectivity index (χ0v) is 19.7. The van der Waals surface area contributed by atoms with Crippen molar-refractivity contribution < 1.29 is 14.3 Å². The highest BCUT2D eigenvalue weighted by Gasteiger charge is 2.33. The van der Waals surface area contributed by atoms with Gasteiger partial charge in [0.25, 0.3) is 0 Å². The quantitative estimate of drug-likeness (QED) is 0.570. The lowest BCUT2D eigenvalue weighted by atomic mass is 9.95. The largest absolute Gasteiger partial charge is 0.497 e. The Bertz CT molecular complexity index is 1070. The van der Waals surface area contributed by atoms with Crippen molar-refractivity contribution in [3.05, 3.63) is 77.1 Å². The molecular weight excluding hydrogens is 416 g/mol. The average molecular weight is 449 g/mol. The molecule has 0 fully saturated rings. The molecule has 0 saturated carbocycles. The summed E-state index contributed by atoms with van der Waals surface area (Å²) in [4.78, 5) is 15.5. The van der Waals surface area contributed by atoms with Crippen LogP contribution in [0.15, 0.2) is 54.7 Å². The summed E-state index contributed by atoms with van der Waals surface area (Å²) in [5.41, 5.74) is 4.20. The molecule has 7 nitrogen and oxygen atoms in total. The number of fused-ring (bicyclic) bond motifs is 1. The van der Waals surface area contributed by atoms with Crippen LogP contribution in [-0.2, 0) is 31.5 Å². The van der Waals surface area contributed by atoms with Gasteiger partial charge in [0.05, 0.1) is 24.8 Å². The van der Waals surface area contributed by atoms with Gasteiger partial charge >= 0.3 is 0 Å². The van der Waals surface area contributed by atoms with Crippen LogP contribution in [0.2, 0.25) is 0 Å². The van der Waals surface area contributed by atoms with Crippen molar-refractivity contribution in [3.8, 4) is 11.5 Å². The van der Waals surface area contributed by atoms with Crippen LogP contribution in [0.1, 0.15) is 42.1 Å². The average Bonchev–Trinajstić information content (AvgIpc) is 3.18. The molecule has 3 aromatic rings. The van der Waals surface area contributed by atoms with Gasteiger partial charge in [-0.25, -0.2) is 0 Å². The lowest BCUT2D eigenvalue weighted by molar-refractivity contribution is -0.123. The van der Waals surface area contributed by atoms with Crippen LogP contribution in [0.4, 0.5) is 0 Å². The highest BCUT2D eigenvalue weighted by molar-refractivity contribution is 5.84. The van der Waals surface area contributed by atoms with Crippen molar-refractivity contribution in [2.45, 2.75) is 45.5 Å². The monoisotopic (exact) mass is 448 g/mol. The van der Waals surface area contributed by atoms with E-state index in [1.165, 1.54) is 5.56 Å². The number of hydrogen-bond acceptors (Lipinski definition) is 5. The summed E-state index contributed by atoms with van der Waals surface area (Å²) in [6.45, 7) is 6.68. The Labute approximate surface area is 195 Å². The van der Waals surface area contributed by atoms with E-state index in [-0.39, 0.29) is 17.9 Å². The molecule has 0 radical (unpaired) electrons. The first-order chi connectivity index (χ1) is 15.9. The second kappa shape index (κ2) is 10.1. The number of carbonyl (C=O) groups is 1. The fraction of sp³-hybridized carbons (Fsp3) is 0.385. The van der Waals surface area contributed by atoms with Crippen molar-refractivity contribution >= 4 is 5.91 Å². The van der Waals surface area contributed by atoms with E-state index >= 15 is 0 Å². The maximum atomic E-state index is 13.2. The number of hydrogen-bond donors (Lipinski definition) is 1. The molecule has 1 aliphatic rings. The normalized spacial score (nSPS) is 15.8. The van der Waals surface area contributed by atoms with Crippen molar-refractivity contribution in [2.24, 2.45) is 7.05 Å². The third-order valence-electron chi connectivity index (χ3n) is 5.75. The van der Waals surface area contributed by atoms with Crippen LogP contribution in [0.5, 0.6) is 11.5 Å². The molecule has 4 rings (SSSR count). The van der Waals surface area contributed by atoms with Crippen molar-refractivity contribution in [3.63, 3.8) is 0 Å². The van der Waals surface area contributed by atoms with Gasteiger partial charge in [-0.1, -0.05) is 24.3 Å². The first-order valence-electron chi connectivity index (χ1n) is 11.3. The number of rotatable bonds is 8. The summed E-state index contributed by atoms with van der Waals surface area (Å²) in [6, 6.07) is 15.9. The molecule has 2 aromatic carbocycles. The number of amides is 1. The van der Waals surface area contributed by atoms with E-state index in [0.717, 1.165) is 41.4 Å². The molecule has 1 unspecified atom stereocenters. The fourth-order valence-corrected chi connectivity index (χ4v) is 4.21. The van der Waals surface area contributed by atoms with E-state index in [0.29, 0.717) is 13.1 Å². The third-order valence-corrected chi connectivity index (χ3v) is 5.75. The molecule has 7 heteroatoms. The minimum Gasteiger partial charge on any atom is -0.497 e. The maximum absolute atomic E-state index is 13.2. The maximum Gasteiger partial charge on any atom is 0.230 e. The van der Waals surface area contributed by atoms with Crippen molar-refractivity contribution in [1.29, 1.82) is 0 Å².